The number of carbonyl (C=O) groups is 1. The summed E-state index contributed by atoms with van der Waals surface area (Å²) in [5.41, 5.74) is 1.54. The Labute approximate surface area is 172 Å². The summed E-state index contributed by atoms with van der Waals surface area (Å²) >= 11 is 7.04. The molecule has 0 saturated carbocycles. The van der Waals surface area contributed by atoms with Gasteiger partial charge in [0.1, 0.15) is 11.6 Å². The molecule has 0 aliphatic heterocycles. The van der Waals surface area contributed by atoms with Crippen LogP contribution in [0.3, 0.4) is 0 Å². The van der Waals surface area contributed by atoms with E-state index in [1.54, 1.807) is 60.1 Å². The van der Waals surface area contributed by atoms with Crippen molar-refractivity contribution in [2.24, 2.45) is 7.05 Å². The Balaban J connectivity index is 1.69. The van der Waals surface area contributed by atoms with Crippen LogP contribution in [0.25, 0.3) is 0 Å². The summed E-state index contributed by atoms with van der Waals surface area (Å²) in [7, 11) is -1.84. The lowest BCUT2D eigenvalue weighted by Gasteiger charge is -2.06. The minimum Gasteiger partial charge on any atom is -0.308 e. The number of Topliss-reactive ketones (excluding diaryl/α,β-unsaturated/α-hetero) is 1. The first-order valence-electron chi connectivity index (χ1n) is 8.35. The molecule has 0 spiro atoms. The first-order chi connectivity index (χ1) is 13.3. The van der Waals surface area contributed by atoms with Gasteiger partial charge in [0, 0.05) is 17.6 Å². The molecular weight excluding hydrogens is 418 g/mol. The number of carbonyl (C=O) groups excluding carboxylic acids is 1. The van der Waals surface area contributed by atoms with E-state index in [-0.39, 0.29) is 22.2 Å². The molecule has 0 bridgehead atoms. The van der Waals surface area contributed by atoms with E-state index in [1.165, 1.54) is 11.8 Å². The van der Waals surface area contributed by atoms with Crippen molar-refractivity contribution in [2.75, 3.05) is 5.75 Å². The van der Waals surface area contributed by atoms with E-state index in [0.717, 1.165) is 5.56 Å². The van der Waals surface area contributed by atoms with Crippen molar-refractivity contribution >= 4 is 39.0 Å². The molecule has 0 N–H and O–H groups in total. The second-order valence-electron chi connectivity index (χ2n) is 6.25. The number of hydrogen-bond donors (Lipinski definition) is 0. The molecule has 0 radical (unpaired) electrons. The third-order valence-corrected chi connectivity index (χ3v) is 7.02. The second-order valence-corrected chi connectivity index (χ2v) is 9.62. The Bertz CT molecular complexity index is 1090. The van der Waals surface area contributed by atoms with Crippen molar-refractivity contribution in [3.05, 3.63) is 70.5 Å². The van der Waals surface area contributed by atoms with E-state index in [2.05, 4.69) is 10.2 Å². The molecule has 2 aromatic carbocycles. The van der Waals surface area contributed by atoms with Gasteiger partial charge < -0.3 is 4.57 Å². The van der Waals surface area contributed by atoms with Crippen LogP contribution >= 0.6 is 23.4 Å². The molecule has 146 valence electrons. The van der Waals surface area contributed by atoms with E-state index in [9.17, 15) is 13.2 Å². The summed E-state index contributed by atoms with van der Waals surface area (Å²) in [5.74, 6) is 0.157. The Morgan fingerprint density at radius 1 is 1.07 bits per heavy atom. The summed E-state index contributed by atoms with van der Waals surface area (Å²) in [6.07, 6.45) is 0. The number of hydrogen-bond acceptors (Lipinski definition) is 6. The number of aryl methyl sites for hydroxylation is 1. The van der Waals surface area contributed by atoms with E-state index < -0.39 is 9.84 Å². The maximum atomic E-state index is 12.6. The molecular formula is C19H18ClN3O3S2. The maximum absolute atomic E-state index is 12.6. The van der Waals surface area contributed by atoms with Crippen LogP contribution in [0.4, 0.5) is 0 Å². The molecule has 6 nitrogen and oxygen atoms in total. The van der Waals surface area contributed by atoms with Gasteiger partial charge in [-0.2, -0.15) is 0 Å². The molecule has 3 aromatic rings. The van der Waals surface area contributed by atoms with Gasteiger partial charge in [-0.05, 0) is 43.3 Å². The predicted octanol–water partition coefficient (Wildman–Crippen LogP) is 3.73. The predicted molar refractivity (Wildman–Crippen MR) is 110 cm³/mol. The number of thioether (sulfide) groups is 1. The molecule has 0 unspecified atom stereocenters. The van der Waals surface area contributed by atoms with Crippen LogP contribution in [-0.4, -0.2) is 34.7 Å². The topological polar surface area (TPSA) is 81.9 Å². The third kappa shape index (κ3) is 4.81. The van der Waals surface area contributed by atoms with E-state index in [4.69, 9.17) is 11.6 Å². The zero-order valence-electron chi connectivity index (χ0n) is 15.3. The van der Waals surface area contributed by atoms with Gasteiger partial charge in [0.15, 0.2) is 20.8 Å². The van der Waals surface area contributed by atoms with Crippen LogP contribution in [0.5, 0.6) is 0 Å². The van der Waals surface area contributed by atoms with Crippen LogP contribution in [0.1, 0.15) is 21.7 Å². The highest BCUT2D eigenvalue weighted by Gasteiger charge is 2.20. The van der Waals surface area contributed by atoms with Crippen molar-refractivity contribution in [1.82, 2.24) is 14.8 Å². The van der Waals surface area contributed by atoms with Crippen molar-refractivity contribution in [1.29, 1.82) is 0 Å². The minimum absolute atomic E-state index is 0.0708. The Morgan fingerprint density at radius 3 is 2.36 bits per heavy atom. The van der Waals surface area contributed by atoms with E-state index >= 15 is 0 Å². The van der Waals surface area contributed by atoms with Gasteiger partial charge in [0.25, 0.3) is 0 Å². The van der Waals surface area contributed by atoms with Gasteiger partial charge in [-0.1, -0.05) is 41.1 Å². The lowest BCUT2D eigenvalue weighted by atomic mass is 10.1. The van der Waals surface area contributed by atoms with Gasteiger partial charge in [0.05, 0.1) is 10.6 Å². The number of halogens is 1. The molecule has 0 aliphatic carbocycles. The van der Waals surface area contributed by atoms with Crippen LogP contribution in [0, 0.1) is 6.92 Å². The Morgan fingerprint density at radius 2 is 1.71 bits per heavy atom. The minimum atomic E-state index is -3.53. The van der Waals surface area contributed by atoms with Crippen LogP contribution in [0.2, 0.25) is 5.02 Å². The standard InChI is InChI=1S/C19H18ClN3O3S2/c1-13-3-9-16(10-4-13)28(25,26)12-18-21-22-19(23(18)2)27-11-17(24)14-5-7-15(20)8-6-14/h3-10H,11-12H2,1-2H3. The number of rotatable bonds is 7. The summed E-state index contributed by atoms with van der Waals surface area (Å²) < 4.78 is 26.8. The van der Waals surface area contributed by atoms with Gasteiger partial charge in [-0.3, -0.25) is 4.79 Å². The molecule has 0 aliphatic rings. The molecule has 1 heterocycles. The van der Waals surface area contributed by atoms with Crippen molar-refractivity contribution in [3.63, 3.8) is 0 Å². The average Bonchev–Trinajstić information content (AvgIpc) is 3.00. The summed E-state index contributed by atoms with van der Waals surface area (Å²) in [4.78, 5) is 12.5. The molecule has 0 atom stereocenters. The second kappa shape index (κ2) is 8.46. The highest BCUT2D eigenvalue weighted by Crippen LogP contribution is 2.21. The first-order valence-corrected chi connectivity index (χ1v) is 11.4. The zero-order valence-corrected chi connectivity index (χ0v) is 17.7. The molecule has 3 rings (SSSR count). The first kappa shape index (κ1) is 20.6. The monoisotopic (exact) mass is 435 g/mol. The maximum Gasteiger partial charge on any atom is 0.191 e. The lowest BCUT2D eigenvalue weighted by molar-refractivity contribution is 0.102. The highest BCUT2D eigenvalue weighted by atomic mass is 35.5. The average molecular weight is 436 g/mol. The molecule has 9 heteroatoms. The number of aromatic nitrogens is 3. The zero-order chi connectivity index (χ0) is 20.3. The summed E-state index contributed by atoms with van der Waals surface area (Å²) in [5, 5.41) is 9.07. The van der Waals surface area contributed by atoms with Gasteiger partial charge in [0.2, 0.25) is 0 Å². The molecule has 0 amide bonds. The van der Waals surface area contributed by atoms with Gasteiger partial charge >= 0.3 is 0 Å². The molecule has 1 aromatic heterocycles. The summed E-state index contributed by atoms with van der Waals surface area (Å²) in [6, 6.07) is 13.3. The number of sulfone groups is 1. The number of nitrogens with zero attached hydrogens (tertiary/aromatic N) is 3. The molecule has 0 fully saturated rings. The van der Waals surface area contributed by atoms with Crippen LogP contribution in [-0.2, 0) is 22.6 Å². The Kier molecular flexibility index (Phi) is 6.22. The Hall–Kier alpha value is -2.16. The highest BCUT2D eigenvalue weighted by molar-refractivity contribution is 7.99. The quantitative estimate of drug-likeness (QED) is 0.415. The van der Waals surface area contributed by atoms with E-state index in [1.807, 2.05) is 6.92 Å². The smallest absolute Gasteiger partial charge is 0.191 e. The van der Waals surface area contributed by atoms with Crippen molar-refractivity contribution < 1.29 is 13.2 Å². The largest absolute Gasteiger partial charge is 0.308 e. The lowest BCUT2D eigenvalue weighted by Crippen LogP contribution is -2.10. The fourth-order valence-corrected chi connectivity index (χ4v) is 4.70. The SMILES string of the molecule is Cc1ccc(S(=O)(=O)Cc2nnc(SCC(=O)c3ccc(Cl)cc3)n2C)cc1. The molecule has 28 heavy (non-hydrogen) atoms. The number of ketones is 1. The molecule has 0 saturated heterocycles. The van der Waals surface area contributed by atoms with E-state index in [0.29, 0.717) is 21.6 Å². The summed E-state index contributed by atoms with van der Waals surface area (Å²) in [6.45, 7) is 1.90. The fraction of sp³-hybridized carbons (Fsp3) is 0.211. The normalized spacial score (nSPS) is 11.5. The number of benzene rings is 2. The van der Waals surface area contributed by atoms with Gasteiger partial charge in [-0.25, -0.2) is 8.42 Å². The van der Waals surface area contributed by atoms with Crippen LogP contribution < -0.4 is 0 Å². The van der Waals surface area contributed by atoms with Gasteiger partial charge in [-0.15, -0.1) is 10.2 Å². The van der Waals surface area contributed by atoms with Crippen LogP contribution in [0.15, 0.2) is 58.6 Å². The van der Waals surface area contributed by atoms with Crippen molar-refractivity contribution in [2.45, 2.75) is 22.7 Å². The third-order valence-electron chi connectivity index (χ3n) is 4.12. The fourth-order valence-electron chi connectivity index (χ4n) is 2.44. The van der Waals surface area contributed by atoms with Crippen molar-refractivity contribution in [3.8, 4) is 0 Å².